The van der Waals surface area contributed by atoms with Gasteiger partial charge in [-0.15, -0.1) is 0 Å². The fraction of sp³-hybridized carbons (Fsp3) is 0.467. The third kappa shape index (κ3) is 2.54. The van der Waals surface area contributed by atoms with Crippen LogP contribution in [-0.2, 0) is 0 Å². The van der Waals surface area contributed by atoms with Crippen molar-refractivity contribution in [2.75, 3.05) is 0 Å². The predicted octanol–water partition coefficient (Wildman–Crippen LogP) is 1.92. The summed E-state index contributed by atoms with van der Waals surface area (Å²) in [6.45, 7) is 3.96. The lowest BCUT2D eigenvalue weighted by Crippen LogP contribution is -2.28. The van der Waals surface area contributed by atoms with E-state index in [9.17, 15) is 4.79 Å². The second-order valence-electron chi connectivity index (χ2n) is 5.92. The van der Waals surface area contributed by atoms with E-state index in [2.05, 4.69) is 20.1 Å². The molecule has 7 nitrogen and oxygen atoms in total. The highest BCUT2D eigenvalue weighted by atomic mass is 16.1. The van der Waals surface area contributed by atoms with Crippen molar-refractivity contribution in [1.82, 2.24) is 19.7 Å². The first kappa shape index (κ1) is 14.5. The topological polar surface area (TPSA) is 103 Å². The first-order chi connectivity index (χ1) is 10.6. The Labute approximate surface area is 127 Å². The van der Waals surface area contributed by atoms with E-state index >= 15 is 0 Å². The Morgan fingerprint density at radius 2 is 2.23 bits per heavy atom. The maximum absolute atomic E-state index is 12.3. The van der Waals surface area contributed by atoms with Gasteiger partial charge in [-0.1, -0.05) is 13.8 Å². The summed E-state index contributed by atoms with van der Waals surface area (Å²) in [5, 5.41) is 11.5. The molecule has 2 heterocycles. The minimum Gasteiger partial charge on any atom is -0.325 e. The smallest absolute Gasteiger partial charge is 0.256 e. The summed E-state index contributed by atoms with van der Waals surface area (Å²) in [7, 11) is 0. The minimum absolute atomic E-state index is 0.0658. The molecule has 0 amide bonds. The summed E-state index contributed by atoms with van der Waals surface area (Å²) in [6, 6.07) is 0.476. The molecule has 1 saturated carbocycles. The molecule has 0 spiro atoms. The molecule has 7 heteroatoms. The lowest BCUT2D eigenvalue weighted by Gasteiger charge is -2.25. The van der Waals surface area contributed by atoms with Crippen LogP contribution >= 0.6 is 0 Å². The van der Waals surface area contributed by atoms with Gasteiger partial charge in [0.05, 0.1) is 17.9 Å². The Morgan fingerprint density at radius 1 is 1.45 bits per heavy atom. The summed E-state index contributed by atoms with van der Waals surface area (Å²) in [5.41, 5.74) is 2.38. The normalized spacial score (nSPS) is 16.0. The highest BCUT2D eigenvalue weighted by Crippen LogP contribution is 2.32. The van der Waals surface area contributed by atoms with Crippen molar-refractivity contribution < 1.29 is 0 Å². The molecule has 1 aliphatic carbocycles. The summed E-state index contributed by atoms with van der Waals surface area (Å²) < 4.78 is 1.98. The second-order valence-corrected chi connectivity index (χ2v) is 5.92. The molecule has 0 atom stereocenters. The number of hydrogen-bond donors (Lipinski definition) is 3. The van der Waals surface area contributed by atoms with Crippen LogP contribution in [0.5, 0.6) is 0 Å². The second kappa shape index (κ2) is 5.75. The van der Waals surface area contributed by atoms with Crippen LogP contribution in [0.2, 0.25) is 0 Å². The van der Waals surface area contributed by atoms with Crippen molar-refractivity contribution in [2.45, 2.75) is 45.1 Å². The van der Waals surface area contributed by atoms with E-state index in [1.54, 1.807) is 6.20 Å². The van der Waals surface area contributed by atoms with Crippen molar-refractivity contribution in [3.8, 4) is 11.3 Å². The van der Waals surface area contributed by atoms with Gasteiger partial charge in [0.15, 0.2) is 0 Å². The van der Waals surface area contributed by atoms with E-state index in [-0.39, 0.29) is 17.1 Å². The van der Waals surface area contributed by atoms with Crippen molar-refractivity contribution in [3.05, 3.63) is 33.9 Å². The van der Waals surface area contributed by atoms with Gasteiger partial charge in [-0.3, -0.25) is 19.9 Å². The maximum Gasteiger partial charge on any atom is 0.256 e. The number of nitrogens with one attached hydrogen (secondary N) is 3. The van der Waals surface area contributed by atoms with E-state index in [4.69, 9.17) is 5.41 Å². The van der Waals surface area contributed by atoms with Crippen molar-refractivity contribution >= 4 is 6.34 Å². The quantitative estimate of drug-likeness (QED) is 0.593. The highest BCUT2D eigenvalue weighted by Gasteiger charge is 2.21. The number of nitrogens with zero attached hydrogens (tertiary/aromatic N) is 3. The van der Waals surface area contributed by atoms with Crippen LogP contribution in [-0.4, -0.2) is 26.1 Å². The Balaban J connectivity index is 2.14. The number of hydrogen-bond acceptors (Lipinski definition) is 3. The van der Waals surface area contributed by atoms with Gasteiger partial charge in [0.25, 0.3) is 5.56 Å². The van der Waals surface area contributed by atoms with Gasteiger partial charge in [0, 0.05) is 17.3 Å². The van der Waals surface area contributed by atoms with Crippen LogP contribution in [0.1, 0.15) is 50.6 Å². The predicted molar refractivity (Wildman–Crippen MR) is 84.0 cm³/mol. The fourth-order valence-electron chi connectivity index (χ4n) is 2.73. The largest absolute Gasteiger partial charge is 0.325 e. The van der Waals surface area contributed by atoms with Crippen molar-refractivity contribution in [3.63, 3.8) is 0 Å². The van der Waals surface area contributed by atoms with E-state index in [0.29, 0.717) is 11.6 Å². The van der Waals surface area contributed by atoms with Crippen LogP contribution in [0.4, 0.5) is 0 Å². The summed E-state index contributed by atoms with van der Waals surface area (Å²) in [5.74, 6) is 0.0658. The molecule has 0 unspecified atom stereocenters. The van der Waals surface area contributed by atoms with E-state index in [1.807, 2.05) is 24.7 Å². The SMILES string of the molecule is CC(C)c1c(-c2cnn(C3CCC3)c2)[nH]/c(=N/C=N)[nH]c1=O. The van der Waals surface area contributed by atoms with E-state index in [0.717, 1.165) is 30.4 Å². The zero-order valence-electron chi connectivity index (χ0n) is 12.8. The lowest BCUT2D eigenvalue weighted by molar-refractivity contribution is 0.289. The van der Waals surface area contributed by atoms with Crippen LogP contribution in [0, 0.1) is 5.41 Å². The molecule has 0 saturated heterocycles. The van der Waals surface area contributed by atoms with E-state index < -0.39 is 0 Å². The third-order valence-electron chi connectivity index (χ3n) is 4.10. The minimum atomic E-state index is -0.180. The van der Waals surface area contributed by atoms with Gasteiger partial charge < -0.3 is 4.98 Å². The molecule has 0 aliphatic heterocycles. The Kier molecular flexibility index (Phi) is 3.79. The van der Waals surface area contributed by atoms with Crippen molar-refractivity contribution in [1.29, 1.82) is 5.41 Å². The molecule has 1 aliphatic rings. The van der Waals surface area contributed by atoms with Gasteiger partial charge in [-0.05, 0) is 25.2 Å². The highest BCUT2D eigenvalue weighted by molar-refractivity contribution is 5.61. The summed E-state index contributed by atoms with van der Waals surface area (Å²) in [6.07, 6.45) is 8.23. The van der Waals surface area contributed by atoms with E-state index in [1.165, 1.54) is 6.42 Å². The average molecular weight is 300 g/mol. The van der Waals surface area contributed by atoms with Gasteiger partial charge in [0.2, 0.25) is 5.62 Å². The Bertz CT molecular complexity index is 806. The number of rotatable bonds is 4. The zero-order valence-corrected chi connectivity index (χ0v) is 12.8. The maximum atomic E-state index is 12.3. The lowest BCUT2D eigenvalue weighted by atomic mass is 9.93. The number of aromatic amines is 2. The zero-order chi connectivity index (χ0) is 15.7. The third-order valence-corrected chi connectivity index (χ3v) is 4.10. The molecule has 2 aromatic rings. The average Bonchev–Trinajstić information content (AvgIpc) is 2.85. The molecule has 1 fully saturated rings. The van der Waals surface area contributed by atoms with Crippen molar-refractivity contribution in [2.24, 2.45) is 4.99 Å². The molecule has 3 rings (SSSR count). The van der Waals surface area contributed by atoms with Crippen LogP contribution < -0.4 is 11.2 Å². The Hall–Kier alpha value is -2.44. The van der Waals surface area contributed by atoms with Gasteiger partial charge in [-0.25, -0.2) is 4.99 Å². The Morgan fingerprint density at radius 3 is 2.82 bits per heavy atom. The molecule has 0 bridgehead atoms. The molecular formula is C15H20N6O. The summed E-state index contributed by atoms with van der Waals surface area (Å²) >= 11 is 0. The van der Waals surface area contributed by atoms with Gasteiger partial charge in [0.1, 0.15) is 6.34 Å². The molecule has 3 N–H and O–H groups in total. The first-order valence-electron chi connectivity index (χ1n) is 7.54. The van der Waals surface area contributed by atoms with Gasteiger partial charge in [-0.2, -0.15) is 5.10 Å². The molecule has 116 valence electrons. The van der Waals surface area contributed by atoms with Crippen LogP contribution in [0.25, 0.3) is 11.3 Å². The van der Waals surface area contributed by atoms with Crippen LogP contribution in [0.3, 0.4) is 0 Å². The molecule has 22 heavy (non-hydrogen) atoms. The standard InChI is InChI=1S/C15H20N6O/c1-9(2)12-13(19-15(17-8-16)20-14(12)22)10-6-18-21(7-10)11-4-3-5-11/h6-9,11H,3-5H2,1-2H3,(H3,16,17,19,20,22). The first-order valence-corrected chi connectivity index (χ1v) is 7.54. The molecule has 0 aromatic carbocycles. The molecular weight excluding hydrogens is 280 g/mol. The monoisotopic (exact) mass is 300 g/mol. The molecule has 0 radical (unpaired) electrons. The fourth-order valence-corrected chi connectivity index (χ4v) is 2.73. The molecule has 2 aromatic heterocycles. The summed E-state index contributed by atoms with van der Waals surface area (Å²) in [4.78, 5) is 21.9. The van der Waals surface area contributed by atoms with Crippen LogP contribution in [0.15, 0.2) is 22.2 Å². The number of H-pyrrole nitrogens is 2. The number of aromatic nitrogens is 4. The van der Waals surface area contributed by atoms with Gasteiger partial charge >= 0.3 is 0 Å².